The lowest BCUT2D eigenvalue weighted by Gasteiger charge is -2.14. The minimum absolute atomic E-state index is 0.0530. The smallest absolute Gasteiger partial charge is 0.0252 e. The van der Waals surface area contributed by atoms with Crippen molar-refractivity contribution < 1.29 is 0 Å². The number of hydrogen-bond acceptors (Lipinski definition) is 1. The first kappa shape index (κ1) is 19.6. The summed E-state index contributed by atoms with van der Waals surface area (Å²) in [7, 11) is 2.11. The summed E-state index contributed by atoms with van der Waals surface area (Å²) in [4.78, 5) is 2.26. The molecule has 0 aromatic heterocycles. The van der Waals surface area contributed by atoms with Gasteiger partial charge in [0.1, 0.15) is 0 Å². The standard InChI is InChI=1S/C25H27N/c1-25(2,3)18-9-6-10-19-26(4)21-24-15-11-14-23(20-24)17-16-22-12-7-5-8-13-22/h5-8,10-15,20H,19,21H2,1-4H3/b10-6+. The quantitative estimate of drug-likeness (QED) is 0.697. The Morgan fingerprint density at radius 3 is 2.35 bits per heavy atom. The van der Waals surface area contributed by atoms with E-state index in [9.17, 15) is 0 Å². The molecule has 2 aromatic carbocycles. The zero-order chi connectivity index (χ0) is 18.8. The van der Waals surface area contributed by atoms with Crippen LogP contribution >= 0.6 is 0 Å². The monoisotopic (exact) mass is 341 g/mol. The number of hydrogen-bond donors (Lipinski definition) is 0. The molecule has 26 heavy (non-hydrogen) atoms. The van der Waals surface area contributed by atoms with Crippen molar-refractivity contribution in [3.63, 3.8) is 0 Å². The molecule has 2 rings (SSSR count). The zero-order valence-corrected chi connectivity index (χ0v) is 16.2. The van der Waals surface area contributed by atoms with Crippen molar-refractivity contribution in [2.45, 2.75) is 27.3 Å². The first-order chi connectivity index (χ1) is 12.4. The lowest BCUT2D eigenvalue weighted by atomic mass is 9.98. The molecule has 0 heterocycles. The van der Waals surface area contributed by atoms with E-state index in [0.29, 0.717) is 0 Å². The first-order valence-corrected chi connectivity index (χ1v) is 8.95. The van der Waals surface area contributed by atoms with Crippen molar-refractivity contribution in [1.82, 2.24) is 4.90 Å². The summed E-state index contributed by atoms with van der Waals surface area (Å²) in [6.07, 6.45) is 4.06. The second-order valence-corrected chi connectivity index (χ2v) is 7.43. The molecule has 1 heteroatoms. The van der Waals surface area contributed by atoms with Crippen molar-refractivity contribution in [2.75, 3.05) is 13.6 Å². The van der Waals surface area contributed by atoms with Crippen LogP contribution in [0.2, 0.25) is 0 Å². The molecule has 0 aliphatic carbocycles. The summed E-state index contributed by atoms with van der Waals surface area (Å²) in [5.74, 6) is 12.8. The van der Waals surface area contributed by atoms with Crippen LogP contribution in [0.25, 0.3) is 0 Å². The van der Waals surface area contributed by atoms with E-state index in [1.807, 2.05) is 36.4 Å². The molecule has 0 amide bonds. The van der Waals surface area contributed by atoms with Crippen LogP contribution in [0.1, 0.15) is 37.5 Å². The van der Waals surface area contributed by atoms with Gasteiger partial charge in [-0.3, -0.25) is 4.90 Å². The fourth-order valence-electron chi connectivity index (χ4n) is 2.34. The fourth-order valence-corrected chi connectivity index (χ4v) is 2.34. The maximum atomic E-state index is 3.25. The molecule has 1 nitrogen and oxygen atoms in total. The van der Waals surface area contributed by atoms with Crippen LogP contribution in [0, 0.1) is 29.1 Å². The Balaban J connectivity index is 1.92. The van der Waals surface area contributed by atoms with E-state index in [0.717, 1.165) is 24.2 Å². The van der Waals surface area contributed by atoms with Crippen LogP contribution in [0.3, 0.4) is 0 Å². The Hall–Kier alpha value is -2.74. The van der Waals surface area contributed by atoms with Crippen molar-refractivity contribution in [2.24, 2.45) is 5.41 Å². The summed E-state index contributed by atoms with van der Waals surface area (Å²) in [5.41, 5.74) is 3.40. The molecular weight excluding hydrogens is 314 g/mol. The van der Waals surface area contributed by atoms with Gasteiger partial charge in [0.15, 0.2) is 0 Å². The van der Waals surface area contributed by atoms with Crippen molar-refractivity contribution >= 4 is 0 Å². The predicted octanol–water partition coefficient (Wildman–Crippen LogP) is 5.12. The van der Waals surface area contributed by atoms with Crippen molar-refractivity contribution in [1.29, 1.82) is 0 Å². The second kappa shape index (κ2) is 9.67. The van der Waals surface area contributed by atoms with Gasteiger partial charge in [-0.2, -0.15) is 0 Å². The van der Waals surface area contributed by atoms with Crippen LogP contribution in [-0.2, 0) is 6.54 Å². The Kier molecular flexibility index (Phi) is 7.28. The van der Waals surface area contributed by atoms with Gasteiger partial charge in [0.05, 0.1) is 0 Å². The number of rotatable bonds is 4. The van der Waals surface area contributed by atoms with Crippen LogP contribution in [0.15, 0.2) is 66.7 Å². The average Bonchev–Trinajstić information content (AvgIpc) is 2.60. The van der Waals surface area contributed by atoms with Gasteiger partial charge >= 0.3 is 0 Å². The molecule has 0 unspecified atom stereocenters. The molecule has 132 valence electrons. The van der Waals surface area contributed by atoms with Gasteiger partial charge < -0.3 is 0 Å². The van der Waals surface area contributed by atoms with Crippen molar-refractivity contribution in [3.05, 3.63) is 83.4 Å². The third-order valence-electron chi connectivity index (χ3n) is 3.57. The first-order valence-electron chi connectivity index (χ1n) is 8.95. The lowest BCUT2D eigenvalue weighted by molar-refractivity contribution is 0.363. The molecule has 0 saturated carbocycles. The summed E-state index contributed by atoms with van der Waals surface area (Å²) < 4.78 is 0. The summed E-state index contributed by atoms with van der Waals surface area (Å²) >= 11 is 0. The van der Waals surface area contributed by atoms with E-state index in [2.05, 4.69) is 86.7 Å². The van der Waals surface area contributed by atoms with E-state index < -0.39 is 0 Å². The molecule has 0 atom stereocenters. The van der Waals surface area contributed by atoms with Crippen LogP contribution < -0.4 is 0 Å². The van der Waals surface area contributed by atoms with Gasteiger partial charge in [-0.25, -0.2) is 0 Å². The summed E-state index contributed by atoms with van der Waals surface area (Å²) in [6.45, 7) is 8.12. The van der Waals surface area contributed by atoms with Crippen molar-refractivity contribution in [3.8, 4) is 23.7 Å². The SMILES string of the molecule is CN(C/C=C/C#CC(C)(C)C)Cc1cccc(C#Cc2ccccc2)c1. The van der Waals surface area contributed by atoms with Crippen LogP contribution in [-0.4, -0.2) is 18.5 Å². The molecule has 0 aliphatic heterocycles. The molecule has 2 aromatic rings. The van der Waals surface area contributed by atoms with E-state index >= 15 is 0 Å². The van der Waals surface area contributed by atoms with Gasteiger partial charge in [0.2, 0.25) is 0 Å². The third kappa shape index (κ3) is 7.89. The van der Waals surface area contributed by atoms with Crippen LogP contribution in [0.5, 0.6) is 0 Å². The molecular formula is C25H27N. The van der Waals surface area contributed by atoms with E-state index in [-0.39, 0.29) is 5.41 Å². The Bertz CT molecular complexity index is 846. The summed E-state index contributed by atoms with van der Waals surface area (Å²) in [6, 6.07) is 18.5. The number of likely N-dealkylation sites (N-methyl/N-ethyl adjacent to an activating group) is 1. The maximum Gasteiger partial charge on any atom is 0.0252 e. The average molecular weight is 341 g/mol. The lowest BCUT2D eigenvalue weighted by Crippen LogP contribution is -2.17. The van der Waals surface area contributed by atoms with E-state index in [1.165, 1.54) is 5.56 Å². The normalized spacial score (nSPS) is 11.0. The topological polar surface area (TPSA) is 3.24 Å². The van der Waals surface area contributed by atoms with Gasteiger partial charge in [-0.1, -0.05) is 60.1 Å². The largest absolute Gasteiger partial charge is 0.298 e. The molecule has 0 spiro atoms. The highest BCUT2D eigenvalue weighted by Crippen LogP contribution is 2.10. The fraction of sp³-hybridized carbons (Fsp3) is 0.280. The highest BCUT2D eigenvalue weighted by molar-refractivity contribution is 5.43. The zero-order valence-electron chi connectivity index (χ0n) is 16.2. The predicted molar refractivity (Wildman–Crippen MR) is 112 cm³/mol. The number of nitrogens with zero attached hydrogens (tertiary/aromatic N) is 1. The minimum Gasteiger partial charge on any atom is -0.298 e. The molecule has 0 aliphatic rings. The maximum absolute atomic E-state index is 3.25. The van der Waals surface area contributed by atoms with Gasteiger partial charge in [-0.15, -0.1) is 0 Å². The number of benzene rings is 2. The van der Waals surface area contributed by atoms with Gasteiger partial charge in [-0.05, 0) is 63.7 Å². The third-order valence-corrected chi connectivity index (χ3v) is 3.57. The minimum atomic E-state index is 0.0530. The Labute approximate surface area is 158 Å². The van der Waals surface area contributed by atoms with Gasteiger partial charge in [0, 0.05) is 29.6 Å². The van der Waals surface area contributed by atoms with Gasteiger partial charge in [0.25, 0.3) is 0 Å². The summed E-state index contributed by atoms with van der Waals surface area (Å²) in [5, 5.41) is 0. The van der Waals surface area contributed by atoms with E-state index in [4.69, 9.17) is 0 Å². The Morgan fingerprint density at radius 2 is 1.62 bits per heavy atom. The molecule has 0 fully saturated rings. The second-order valence-electron chi connectivity index (χ2n) is 7.43. The highest BCUT2D eigenvalue weighted by Gasteiger charge is 2.02. The van der Waals surface area contributed by atoms with E-state index in [1.54, 1.807) is 0 Å². The van der Waals surface area contributed by atoms with Crippen LogP contribution in [0.4, 0.5) is 0 Å². The molecule has 0 saturated heterocycles. The molecule has 0 bridgehead atoms. The molecule has 0 radical (unpaired) electrons. The Morgan fingerprint density at radius 1 is 0.923 bits per heavy atom. The highest BCUT2D eigenvalue weighted by atomic mass is 15.1. The number of allylic oxidation sites excluding steroid dienone is 1. The molecule has 0 N–H and O–H groups in total.